The molecule has 7 heteroatoms. The summed E-state index contributed by atoms with van der Waals surface area (Å²) >= 11 is 1.61. The van der Waals surface area contributed by atoms with Gasteiger partial charge in [0.15, 0.2) is 11.0 Å². The van der Waals surface area contributed by atoms with Crippen LogP contribution in [-0.2, 0) is 12.3 Å². The minimum atomic E-state index is 0.514. The van der Waals surface area contributed by atoms with Crippen LogP contribution < -0.4 is 4.74 Å². The molecule has 0 unspecified atom stereocenters. The van der Waals surface area contributed by atoms with Crippen LogP contribution in [0.2, 0.25) is 0 Å². The summed E-state index contributed by atoms with van der Waals surface area (Å²) in [5.74, 6) is 2.60. The van der Waals surface area contributed by atoms with Crippen molar-refractivity contribution >= 4 is 11.8 Å². The van der Waals surface area contributed by atoms with Crippen molar-refractivity contribution in [3.8, 4) is 17.2 Å². The normalized spacial score (nSPS) is 10.9. The van der Waals surface area contributed by atoms with E-state index in [0.29, 0.717) is 17.5 Å². The molecule has 0 aliphatic rings. The second-order valence-electron chi connectivity index (χ2n) is 4.94. The maximum Gasteiger partial charge on any atom is 0.257 e. The van der Waals surface area contributed by atoms with Crippen molar-refractivity contribution in [1.82, 2.24) is 19.7 Å². The van der Waals surface area contributed by atoms with Crippen molar-refractivity contribution in [2.75, 3.05) is 7.11 Å². The Bertz CT molecular complexity index is 752. The van der Waals surface area contributed by atoms with Crippen LogP contribution in [0.15, 0.2) is 46.3 Å². The first-order valence-corrected chi connectivity index (χ1v) is 8.39. The highest BCUT2D eigenvalue weighted by atomic mass is 32.2. The van der Waals surface area contributed by atoms with Crippen molar-refractivity contribution in [3.05, 3.63) is 42.5 Å². The SMILES string of the molecule is CCCn1ccnc1SCc1noc(-c2ccc(OC)cc2)n1. The van der Waals surface area contributed by atoms with E-state index in [1.807, 2.05) is 36.7 Å². The second kappa shape index (κ2) is 7.32. The molecule has 2 aromatic heterocycles. The number of aryl methyl sites for hydroxylation is 1. The molecule has 23 heavy (non-hydrogen) atoms. The maximum atomic E-state index is 5.33. The fraction of sp³-hybridized carbons (Fsp3) is 0.312. The average molecular weight is 330 g/mol. The first-order chi connectivity index (χ1) is 11.3. The molecule has 6 nitrogen and oxygen atoms in total. The molecule has 0 spiro atoms. The van der Waals surface area contributed by atoms with Gasteiger partial charge in [0.05, 0.1) is 12.9 Å². The third kappa shape index (κ3) is 3.73. The molecule has 0 amide bonds. The third-order valence-corrected chi connectivity index (χ3v) is 4.28. The fourth-order valence-corrected chi connectivity index (χ4v) is 2.97. The lowest BCUT2D eigenvalue weighted by Gasteiger charge is -2.03. The molecular formula is C16H18N4O2S. The predicted molar refractivity (Wildman–Crippen MR) is 88.4 cm³/mol. The molecule has 0 bridgehead atoms. The van der Waals surface area contributed by atoms with E-state index in [1.165, 1.54) is 0 Å². The molecule has 0 atom stereocenters. The Hall–Kier alpha value is -2.28. The van der Waals surface area contributed by atoms with Crippen LogP contribution >= 0.6 is 11.8 Å². The van der Waals surface area contributed by atoms with Gasteiger partial charge in [-0.2, -0.15) is 4.98 Å². The van der Waals surface area contributed by atoms with E-state index in [9.17, 15) is 0 Å². The Morgan fingerprint density at radius 2 is 2.09 bits per heavy atom. The van der Waals surface area contributed by atoms with Crippen LogP contribution in [0.4, 0.5) is 0 Å². The molecule has 0 radical (unpaired) electrons. The smallest absolute Gasteiger partial charge is 0.257 e. The molecule has 0 aliphatic heterocycles. The number of aromatic nitrogens is 4. The molecule has 2 heterocycles. The lowest BCUT2D eigenvalue weighted by Crippen LogP contribution is -1.97. The molecule has 3 rings (SSSR count). The summed E-state index contributed by atoms with van der Waals surface area (Å²) in [7, 11) is 1.64. The molecular weight excluding hydrogens is 312 g/mol. The van der Waals surface area contributed by atoms with Gasteiger partial charge >= 0.3 is 0 Å². The van der Waals surface area contributed by atoms with Crippen molar-refractivity contribution in [3.63, 3.8) is 0 Å². The molecule has 0 N–H and O–H groups in total. The van der Waals surface area contributed by atoms with E-state index in [0.717, 1.165) is 29.4 Å². The number of rotatable bonds is 7. The van der Waals surface area contributed by atoms with Crippen molar-refractivity contribution < 1.29 is 9.26 Å². The highest BCUT2D eigenvalue weighted by Gasteiger charge is 2.11. The molecule has 120 valence electrons. The van der Waals surface area contributed by atoms with Gasteiger partial charge in [0.1, 0.15) is 5.75 Å². The zero-order chi connectivity index (χ0) is 16.1. The van der Waals surface area contributed by atoms with Gasteiger partial charge in [-0.05, 0) is 30.7 Å². The molecule has 0 saturated carbocycles. The number of thioether (sulfide) groups is 1. The van der Waals surface area contributed by atoms with Crippen molar-refractivity contribution in [1.29, 1.82) is 0 Å². The van der Waals surface area contributed by atoms with E-state index >= 15 is 0 Å². The second-order valence-corrected chi connectivity index (χ2v) is 5.88. The molecule has 0 fully saturated rings. The Morgan fingerprint density at radius 1 is 1.26 bits per heavy atom. The van der Waals surface area contributed by atoms with Crippen LogP contribution in [0.1, 0.15) is 19.2 Å². The highest BCUT2D eigenvalue weighted by molar-refractivity contribution is 7.98. The molecule has 0 aliphatic carbocycles. The highest BCUT2D eigenvalue weighted by Crippen LogP contribution is 2.24. The standard InChI is InChI=1S/C16H18N4O2S/c1-3-9-20-10-8-17-16(20)23-11-14-18-15(22-19-14)12-4-6-13(21-2)7-5-12/h4-8,10H,3,9,11H2,1-2H3. The predicted octanol–water partition coefficient (Wildman–Crippen LogP) is 3.64. The van der Waals surface area contributed by atoms with E-state index in [-0.39, 0.29) is 0 Å². The summed E-state index contributed by atoms with van der Waals surface area (Å²) in [6, 6.07) is 7.54. The average Bonchev–Trinajstić information content (AvgIpc) is 3.23. The minimum absolute atomic E-state index is 0.514. The zero-order valence-corrected chi connectivity index (χ0v) is 13.9. The minimum Gasteiger partial charge on any atom is -0.497 e. The van der Waals surface area contributed by atoms with Gasteiger partial charge in [-0.3, -0.25) is 0 Å². The van der Waals surface area contributed by atoms with Crippen molar-refractivity contribution in [2.24, 2.45) is 0 Å². The number of nitrogens with zero attached hydrogens (tertiary/aromatic N) is 4. The van der Waals surface area contributed by atoms with E-state index < -0.39 is 0 Å². The quantitative estimate of drug-likeness (QED) is 0.616. The number of hydrogen-bond donors (Lipinski definition) is 0. The molecule has 0 saturated heterocycles. The van der Waals surface area contributed by atoms with Gasteiger partial charge in [-0.1, -0.05) is 23.8 Å². The van der Waals surface area contributed by atoms with Crippen LogP contribution in [0.5, 0.6) is 5.75 Å². The van der Waals surface area contributed by atoms with Crippen LogP contribution in [0.3, 0.4) is 0 Å². The van der Waals surface area contributed by atoms with Crippen LogP contribution in [-0.4, -0.2) is 26.8 Å². The monoisotopic (exact) mass is 330 g/mol. The number of benzene rings is 1. The summed E-state index contributed by atoms with van der Waals surface area (Å²) in [4.78, 5) is 8.79. The zero-order valence-electron chi connectivity index (χ0n) is 13.1. The van der Waals surface area contributed by atoms with E-state index in [4.69, 9.17) is 9.26 Å². The number of hydrogen-bond acceptors (Lipinski definition) is 6. The van der Waals surface area contributed by atoms with Gasteiger partial charge < -0.3 is 13.8 Å². The van der Waals surface area contributed by atoms with Gasteiger partial charge in [0.25, 0.3) is 5.89 Å². The van der Waals surface area contributed by atoms with E-state index in [1.54, 1.807) is 18.9 Å². The maximum absolute atomic E-state index is 5.33. The fourth-order valence-electron chi connectivity index (χ4n) is 2.14. The summed E-state index contributed by atoms with van der Waals surface area (Å²) < 4.78 is 12.6. The first-order valence-electron chi connectivity index (χ1n) is 7.41. The third-order valence-electron chi connectivity index (χ3n) is 3.28. The number of methoxy groups -OCH3 is 1. The lowest BCUT2D eigenvalue weighted by atomic mass is 10.2. The summed E-state index contributed by atoms with van der Waals surface area (Å²) in [6.45, 7) is 3.11. The Kier molecular flexibility index (Phi) is 4.97. The Morgan fingerprint density at radius 3 is 2.83 bits per heavy atom. The molecule has 1 aromatic carbocycles. The lowest BCUT2D eigenvalue weighted by molar-refractivity contribution is 0.414. The topological polar surface area (TPSA) is 66.0 Å². The van der Waals surface area contributed by atoms with Crippen LogP contribution in [0.25, 0.3) is 11.5 Å². The van der Waals surface area contributed by atoms with Gasteiger partial charge in [-0.25, -0.2) is 4.98 Å². The van der Waals surface area contributed by atoms with Gasteiger partial charge in [0.2, 0.25) is 0 Å². The summed E-state index contributed by atoms with van der Waals surface area (Å²) in [5.41, 5.74) is 0.877. The Balaban J connectivity index is 1.65. The van der Waals surface area contributed by atoms with Gasteiger partial charge in [-0.15, -0.1) is 0 Å². The van der Waals surface area contributed by atoms with Gasteiger partial charge in [0, 0.05) is 24.5 Å². The van der Waals surface area contributed by atoms with Crippen molar-refractivity contribution in [2.45, 2.75) is 30.8 Å². The first kappa shape index (κ1) is 15.6. The van der Waals surface area contributed by atoms with Crippen LogP contribution in [0, 0.1) is 0 Å². The Labute approximate surface area is 138 Å². The summed E-state index contributed by atoms with van der Waals surface area (Å²) in [6.07, 6.45) is 4.88. The molecule has 3 aromatic rings. The number of ether oxygens (including phenoxy) is 1. The summed E-state index contributed by atoms with van der Waals surface area (Å²) in [5, 5.41) is 5.01. The van der Waals surface area contributed by atoms with E-state index in [2.05, 4.69) is 26.6 Å². The largest absolute Gasteiger partial charge is 0.497 e. The number of imidazole rings is 1.